The maximum Gasteiger partial charge on any atom is 0.149 e. The second-order valence-electron chi connectivity index (χ2n) is 23.8. The predicted molar refractivity (Wildman–Crippen MR) is 433 cm³/mol. The Kier molecular flexibility index (Phi) is 18.8. The van der Waals surface area contributed by atoms with Gasteiger partial charge in [0.1, 0.15) is 11.2 Å². The lowest BCUT2D eigenvalue weighted by molar-refractivity contribution is 0.667. The van der Waals surface area contributed by atoms with Gasteiger partial charge in [-0.15, -0.1) is 0 Å². The first-order chi connectivity index (χ1) is 48.2. The van der Waals surface area contributed by atoms with Crippen LogP contribution in [0, 0.1) is 0 Å². The van der Waals surface area contributed by atoms with Crippen molar-refractivity contribution in [3.8, 4) is 0 Å². The van der Waals surface area contributed by atoms with Crippen molar-refractivity contribution < 1.29 is 4.42 Å². The van der Waals surface area contributed by atoms with Crippen molar-refractivity contribution >= 4 is 201 Å². The fourth-order valence-electron chi connectivity index (χ4n) is 12.8. The largest absolute Gasteiger partial charge is 0.455 e. The molecule has 0 saturated carbocycles. The van der Waals surface area contributed by atoms with E-state index in [1.54, 1.807) is 0 Å². The van der Waals surface area contributed by atoms with Gasteiger partial charge in [0.25, 0.3) is 0 Å². The average molecular weight is 1520 g/mol. The Bertz CT molecular complexity index is 5450. The highest BCUT2D eigenvalue weighted by Crippen LogP contribution is 2.42. The Hall–Kier alpha value is -10.6. The fourth-order valence-corrected chi connectivity index (χ4v) is 14.3. The predicted octanol–water partition coefficient (Wildman–Crippen LogP) is 29.0. The quantitative estimate of drug-likeness (QED) is 0.144. The summed E-state index contributed by atoms with van der Waals surface area (Å²) in [6.07, 6.45) is 0. The monoisotopic (exact) mass is 1520 g/mol. The van der Waals surface area contributed by atoms with Crippen molar-refractivity contribution in [3.63, 3.8) is 0 Å². The molecule has 18 aromatic rings. The smallest absolute Gasteiger partial charge is 0.149 e. The van der Waals surface area contributed by atoms with Crippen LogP contribution in [0.2, 0.25) is 0 Å². The van der Waals surface area contributed by atoms with Gasteiger partial charge in [-0.2, -0.15) is 0 Å². The molecule has 0 N–H and O–H groups in total. The first-order valence-corrected chi connectivity index (χ1v) is 35.5. The third-order valence-electron chi connectivity index (χ3n) is 17.5. The molecule has 0 radical (unpaired) electrons. The molecule has 0 bridgehead atoms. The number of para-hydroxylation sites is 2. The Labute approximate surface area is 603 Å². The van der Waals surface area contributed by atoms with Crippen molar-refractivity contribution in [3.05, 3.63) is 388 Å². The van der Waals surface area contributed by atoms with E-state index in [0.29, 0.717) is 0 Å². The van der Waals surface area contributed by atoms with Gasteiger partial charge < -0.3 is 19.1 Å². The van der Waals surface area contributed by atoms with Crippen LogP contribution in [-0.2, 0) is 0 Å². The number of fused-ring (bicyclic) bond motifs is 9. The molecule has 0 unspecified atom stereocenters. The van der Waals surface area contributed by atoms with Crippen molar-refractivity contribution in [1.82, 2.24) is 0 Å². The van der Waals surface area contributed by atoms with E-state index < -0.39 is 0 Å². The van der Waals surface area contributed by atoms with Crippen molar-refractivity contribution in [2.75, 3.05) is 14.7 Å². The van der Waals surface area contributed by atoms with E-state index in [1.165, 1.54) is 70.0 Å². The van der Waals surface area contributed by atoms with Crippen LogP contribution < -0.4 is 14.7 Å². The zero-order valence-corrected chi connectivity index (χ0v) is 59.3. The van der Waals surface area contributed by atoms with Gasteiger partial charge >= 0.3 is 0 Å². The second-order valence-corrected chi connectivity index (χ2v) is 27.4. The van der Waals surface area contributed by atoms with Crippen molar-refractivity contribution in [1.29, 1.82) is 0 Å². The van der Waals surface area contributed by atoms with Gasteiger partial charge in [-0.3, -0.25) is 0 Å². The van der Waals surface area contributed by atoms with Crippen molar-refractivity contribution in [2.24, 2.45) is 0 Å². The van der Waals surface area contributed by atoms with E-state index in [0.717, 1.165) is 85.6 Å². The van der Waals surface area contributed by atoms with E-state index in [1.807, 2.05) is 30.3 Å². The van der Waals surface area contributed by atoms with Crippen molar-refractivity contribution in [2.45, 2.75) is 0 Å². The summed E-state index contributed by atoms with van der Waals surface area (Å²) in [6.45, 7) is 0. The number of halogens is 4. The number of anilines is 9. The number of benzene rings is 17. The Morgan fingerprint density at radius 1 is 0.184 bits per heavy atom. The van der Waals surface area contributed by atoms with Crippen LogP contribution in [0.15, 0.2) is 392 Å². The minimum atomic E-state index is 0.925. The molecule has 0 fully saturated rings. The molecule has 0 saturated heterocycles. The fraction of sp³-hybridized carbons (Fsp3) is 0. The molecule has 0 atom stereocenters. The summed E-state index contributed by atoms with van der Waals surface area (Å²) in [7, 11) is 0. The molecule has 0 spiro atoms. The zero-order chi connectivity index (χ0) is 66.3. The summed E-state index contributed by atoms with van der Waals surface area (Å²) in [4.78, 5) is 6.93. The maximum atomic E-state index is 5.74. The first-order valence-electron chi connectivity index (χ1n) is 32.4. The van der Waals surface area contributed by atoms with Crippen LogP contribution in [0.1, 0.15) is 0 Å². The maximum absolute atomic E-state index is 5.74. The molecular formula is C90H61Br4N3O. The minimum Gasteiger partial charge on any atom is -0.455 e. The van der Waals surface area contributed by atoms with Gasteiger partial charge in [-0.1, -0.05) is 272 Å². The summed E-state index contributed by atoms with van der Waals surface area (Å²) >= 11 is 14.3. The van der Waals surface area contributed by atoms with Crippen LogP contribution in [0.3, 0.4) is 0 Å². The summed E-state index contributed by atoms with van der Waals surface area (Å²) in [5.41, 5.74) is 12.1. The van der Waals surface area contributed by atoms with E-state index in [-0.39, 0.29) is 0 Å². The third-order valence-corrected chi connectivity index (χ3v) is 19.7. The molecule has 8 heteroatoms. The summed E-state index contributed by atoms with van der Waals surface area (Å²) < 4.78 is 9.95. The summed E-state index contributed by atoms with van der Waals surface area (Å²) in [5.74, 6) is 0. The number of nitrogens with zero attached hydrogens (tertiary/aromatic N) is 3. The minimum absolute atomic E-state index is 0.925. The normalized spacial score (nSPS) is 11.1. The Balaban J connectivity index is 0.000000109. The number of rotatable bonds is 9. The molecule has 1 heterocycles. The molecule has 0 aliphatic heterocycles. The van der Waals surface area contributed by atoms with Crippen LogP contribution in [-0.4, -0.2) is 0 Å². The topological polar surface area (TPSA) is 22.9 Å². The Morgan fingerprint density at radius 3 is 0.786 bits per heavy atom. The summed E-state index contributed by atoms with van der Waals surface area (Å²) in [5, 5.41) is 17.3. The third kappa shape index (κ3) is 14.0. The lowest BCUT2D eigenvalue weighted by Gasteiger charge is -2.26. The molecule has 1 aromatic heterocycles. The molecule has 98 heavy (non-hydrogen) atoms. The molecule has 470 valence electrons. The van der Waals surface area contributed by atoms with Gasteiger partial charge in [0.2, 0.25) is 0 Å². The second kappa shape index (κ2) is 29.0. The van der Waals surface area contributed by atoms with Crippen LogP contribution >= 0.6 is 63.7 Å². The van der Waals surface area contributed by atoms with Gasteiger partial charge in [0.05, 0.1) is 4.47 Å². The summed E-state index contributed by atoms with van der Waals surface area (Å²) in [6, 6.07) is 130. The molecule has 17 aromatic carbocycles. The number of hydrogen-bond donors (Lipinski definition) is 0. The molecule has 0 aliphatic carbocycles. The Morgan fingerprint density at radius 2 is 0.449 bits per heavy atom. The molecule has 0 amide bonds. The van der Waals surface area contributed by atoms with E-state index in [4.69, 9.17) is 4.42 Å². The van der Waals surface area contributed by atoms with E-state index in [2.05, 4.69) is 418 Å². The average Bonchev–Trinajstić information content (AvgIpc) is 0.836. The molecule has 4 nitrogen and oxygen atoms in total. The van der Waals surface area contributed by atoms with Crippen LogP contribution in [0.25, 0.3) is 86.6 Å². The lowest BCUT2D eigenvalue weighted by Crippen LogP contribution is -2.09. The van der Waals surface area contributed by atoms with Crippen LogP contribution in [0.4, 0.5) is 51.2 Å². The highest BCUT2D eigenvalue weighted by molar-refractivity contribution is 9.11. The van der Waals surface area contributed by atoms with Gasteiger partial charge in [0, 0.05) is 75.4 Å². The van der Waals surface area contributed by atoms with Gasteiger partial charge in [0.15, 0.2) is 0 Å². The van der Waals surface area contributed by atoms with Gasteiger partial charge in [-0.25, -0.2) is 0 Å². The van der Waals surface area contributed by atoms with E-state index in [9.17, 15) is 0 Å². The standard InChI is InChI=1S/3C26H18BrN.C12H7BrO/c2*27-23-10-5-11-24(18-23)28(25-14-12-19-6-1-3-8-21(19)16-25)26-15-13-20-7-2-4-9-22(20)17-26;27-23-11-15-24(16-12-23)28(25-13-9-19-5-1-3-7-21(19)17-25)26-14-10-20-6-2-4-8-22(20)18-26;13-10-6-3-5-9-8-4-1-2-7-11(8)14-12(9)10/h3*1-18H;1-7H. The zero-order valence-electron chi connectivity index (χ0n) is 53.0. The first kappa shape index (κ1) is 63.5. The van der Waals surface area contributed by atoms with Crippen LogP contribution in [0.5, 0.6) is 0 Å². The van der Waals surface area contributed by atoms with E-state index >= 15 is 0 Å². The molecule has 18 rings (SSSR count). The highest BCUT2D eigenvalue weighted by Gasteiger charge is 2.18. The lowest BCUT2D eigenvalue weighted by atomic mass is 10.1. The molecular weight excluding hydrogens is 1460 g/mol. The van der Waals surface area contributed by atoms with Gasteiger partial charge in [-0.05, 0) is 226 Å². The number of hydrogen-bond acceptors (Lipinski definition) is 4. The number of furan rings is 1. The SMILES string of the molecule is Brc1ccc(N(c2ccc3ccccc3c2)c2ccc3ccccc3c2)cc1.Brc1cccc(N(c2ccc3ccccc3c2)c2ccc3ccccc3c2)c1.Brc1cccc(N(c2ccc3ccccc3c2)c2ccc3ccccc3c2)c1.Brc1cccc2c1oc1ccccc12. The highest BCUT2D eigenvalue weighted by atomic mass is 79.9. The molecule has 0 aliphatic rings.